The standard InChI is InChI=1S/C20H20FN7O/c21-14-8-17-16(25-10-27(17)12-2-3-12)7-11(14)1-4-15-18(20(23)29)19(22)28(26-15)13-5-6-24-9-13/h7-8,10,12-13,24H,2-3,5-6,9,22H2,(H2,23,29)/t13-/m0/s1. The Bertz CT molecular complexity index is 1190. The molecule has 3 heterocycles. The minimum atomic E-state index is -0.705. The highest BCUT2D eigenvalue weighted by atomic mass is 19.1. The van der Waals surface area contributed by atoms with Crippen LogP contribution in [0.4, 0.5) is 10.2 Å². The first-order valence-corrected chi connectivity index (χ1v) is 9.59. The summed E-state index contributed by atoms with van der Waals surface area (Å²) in [6, 6.07) is 3.51. The number of benzene rings is 1. The molecule has 2 fully saturated rings. The molecule has 9 heteroatoms. The van der Waals surface area contributed by atoms with Crippen LogP contribution in [0, 0.1) is 17.7 Å². The molecule has 5 rings (SSSR count). The van der Waals surface area contributed by atoms with Gasteiger partial charge in [-0.25, -0.2) is 14.1 Å². The maximum absolute atomic E-state index is 14.7. The summed E-state index contributed by atoms with van der Waals surface area (Å²) in [5.41, 5.74) is 13.5. The van der Waals surface area contributed by atoms with Gasteiger partial charge >= 0.3 is 0 Å². The molecule has 5 N–H and O–H groups in total. The van der Waals surface area contributed by atoms with Crippen molar-refractivity contribution >= 4 is 22.8 Å². The van der Waals surface area contributed by atoms with Crippen LogP contribution in [-0.2, 0) is 0 Å². The summed E-state index contributed by atoms with van der Waals surface area (Å²) in [7, 11) is 0. The molecule has 1 saturated heterocycles. The number of amides is 1. The number of aromatic nitrogens is 4. The number of nitrogens with zero attached hydrogens (tertiary/aromatic N) is 4. The minimum Gasteiger partial charge on any atom is -0.383 e. The Morgan fingerprint density at radius 2 is 2.07 bits per heavy atom. The zero-order valence-electron chi connectivity index (χ0n) is 15.7. The third-order valence-corrected chi connectivity index (χ3v) is 5.49. The average molecular weight is 393 g/mol. The molecule has 1 aromatic carbocycles. The summed E-state index contributed by atoms with van der Waals surface area (Å²) in [6.45, 7) is 1.54. The predicted molar refractivity (Wildman–Crippen MR) is 106 cm³/mol. The Labute approximate surface area is 166 Å². The van der Waals surface area contributed by atoms with Crippen molar-refractivity contribution in [2.24, 2.45) is 5.73 Å². The number of nitrogens with one attached hydrogen (secondary N) is 1. The summed E-state index contributed by atoms with van der Waals surface area (Å²) in [5.74, 6) is 4.60. The average Bonchev–Trinajstić information content (AvgIpc) is 3.10. The first-order chi connectivity index (χ1) is 14.0. The van der Waals surface area contributed by atoms with Gasteiger partial charge in [0.1, 0.15) is 17.2 Å². The zero-order valence-corrected chi connectivity index (χ0v) is 15.7. The van der Waals surface area contributed by atoms with Crippen LogP contribution in [-0.4, -0.2) is 38.3 Å². The topological polar surface area (TPSA) is 117 Å². The number of carbonyl (C=O) groups is 1. The van der Waals surface area contributed by atoms with Crippen molar-refractivity contribution < 1.29 is 9.18 Å². The molecule has 29 heavy (non-hydrogen) atoms. The fourth-order valence-corrected chi connectivity index (χ4v) is 3.82. The number of fused-ring (bicyclic) bond motifs is 1. The summed E-state index contributed by atoms with van der Waals surface area (Å²) >= 11 is 0. The number of carbonyl (C=O) groups excluding carboxylic acids is 1. The summed E-state index contributed by atoms with van der Waals surface area (Å²) in [5, 5.41) is 7.62. The van der Waals surface area contributed by atoms with Crippen LogP contribution in [0.5, 0.6) is 0 Å². The van der Waals surface area contributed by atoms with E-state index in [0.29, 0.717) is 18.1 Å². The Hall–Kier alpha value is -3.38. The number of anilines is 1. The first kappa shape index (κ1) is 17.7. The Morgan fingerprint density at radius 1 is 1.24 bits per heavy atom. The number of halogens is 1. The van der Waals surface area contributed by atoms with Gasteiger partial charge in [-0.1, -0.05) is 5.92 Å². The highest BCUT2D eigenvalue weighted by molar-refractivity contribution is 5.99. The largest absolute Gasteiger partial charge is 0.383 e. The maximum atomic E-state index is 14.7. The van der Waals surface area contributed by atoms with Gasteiger partial charge in [0, 0.05) is 18.7 Å². The van der Waals surface area contributed by atoms with E-state index in [-0.39, 0.29) is 28.7 Å². The lowest BCUT2D eigenvalue weighted by Crippen LogP contribution is -2.18. The molecule has 148 valence electrons. The van der Waals surface area contributed by atoms with E-state index in [0.717, 1.165) is 31.3 Å². The van der Waals surface area contributed by atoms with Crippen molar-refractivity contribution in [3.8, 4) is 11.8 Å². The van der Waals surface area contributed by atoms with Crippen LogP contribution >= 0.6 is 0 Å². The molecule has 0 spiro atoms. The summed E-state index contributed by atoms with van der Waals surface area (Å²) in [6.07, 6.45) is 4.75. The van der Waals surface area contributed by atoms with Gasteiger partial charge in [0.15, 0.2) is 5.69 Å². The molecular weight excluding hydrogens is 373 g/mol. The van der Waals surface area contributed by atoms with Crippen molar-refractivity contribution in [3.05, 3.63) is 41.1 Å². The second-order valence-corrected chi connectivity index (χ2v) is 7.52. The summed E-state index contributed by atoms with van der Waals surface area (Å²) in [4.78, 5) is 16.3. The van der Waals surface area contributed by atoms with Gasteiger partial charge in [-0.15, -0.1) is 0 Å². The van der Waals surface area contributed by atoms with Crippen LogP contribution in [0.3, 0.4) is 0 Å². The lowest BCUT2D eigenvalue weighted by atomic mass is 10.1. The molecule has 1 saturated carbocycles. The molecule has 0 unspecified atom stereocenters. The molecule has 2 aliphatic rings. The van der Waals surface area contributed by atoms with Crippen LogP contribution in [0.15, 0.2) is 18.5 Å². The highest BCUT2D eigenvalue weighted by Gasteiger charge is 2.26. The van der Waals surface area contributed by atoms with Crippen LogP contribution in [0.1, 0.15) is 53.0 Å². The Kier molecular flexibility index (Phi) is 4.03. The van der Waals surface area contributed by atoms with Crippen molar-refractivity contribution in [1.82, 2.24) is 24.6 Å². The van der Waals surface area contributed by atoms with Crippen molar-refractivity contribution in [3.63, 3.8) is 0 Å². The number of hydrogen-bond acceptors (Lipinski definition) is 5. The predicted octanol–water partition coefficient (Wildman–Crippen LogP) is 1.32. The third kappa shape index (κ3) is 3.02. The molecule has 0 radical (unpaired) electrons. The second kappa shape index (κ2) is 6.60. The smallest absolute Gasteiger partial charge is 0.255 e. The van der Waals surface area contributed by atoms with E-state index in [1.165, 1.54) is 6.07 Å². The molecule has 2 aromatic heterocycles. The number of primary amides is 1. The fraction of sp³-hybridized carbons (Fsp3) is 0.350. The normalized spacial score (nSPS) is 18.7. The Morgan fingerprint density at radius 3 is 2.76 bits per heavy atom. The van der Waals surface area contributed by atoms with Gasteiger partial charge in [0.2, 0.25) is 0 Å². The number of nitrogen functional groups attached to an aromatic ring is 1. The molecule has 1 aliphatic heterocycles. The number of rotatable bonds is 3. The van der Waals surface area contributed by atoms with Crippen LogP contribution in [0.25, 0.3) is 11.0 Å². The number of imidazole rings is 1. The molecule has 8 nitrogen and oxygen atoms in total. The quantitative estimate of drug-likeness (QED) is 0.580. The van der Waals surface area contributed by atoms with Crippen LogP contribution < -0.4 is 16.8 Å². The molecule has 0 bridgehead atoms. The molecule has 1 aliphatic carbocycles. The van der Waals surface area contributed by atoms with E-state index >= 15 is 0 Å². The van der Waals surface area contributed by atoms with E-state index in [1.54, 1.807) is 17.1 Å². The molecule has 1 amide bonds. The van der Waals surface area contributed by atoms with Crippen LogP contribution in [0.2, 0.25) is 0 Å². The number of hydrogen-bond donors (Lipinski definition) is 3. The highest BCUT2D eigenvalue weighted by Crippen LogP contribution is 2.37. The summed E-state index contributed by atoms with van der Waals surface area (Å²) < 4.78 is 18.2. The minimum absolute atomic E-state index is 0.0307. The molecule has 1 atom stereocenters. The second-order valence-electron chi connectivity index (χ2n) is 7.52. The lowest BCUT2D eigenvalue weighted by Gasteiger charge is -2.10. The van der Waals surface area contributed by atoms with Crippen molar-refractivity contribution in [2.75, 3.05) is 18.8 Å². The van der Waals surface area contributed by atoms with Crippen molar-refractivity contribution in [2.45, 2.75) is 31.3 Å². The maximum Gasteiger partial charge on any atom is 0.255 e. The van der Waals surface area contributed by atoms with E-state index in [4.69, 9.17) is 11.5 Å². The third-order valence-electron chi connectivity index (χ3n) is 5.49. The van der Waals surface area contributed by atoms with Gasteiger partial charge in [-0.3, -0.25) is 4.79 Å². The first-order valence-electron chi connectivity index (χ1n) is 9.59. The van der Waals surface area contributed by atoms with E-state index in [1.807, 2.05) is 4.57 Å². The van der Waals surface area contributed by atoms with Gasteiger partial charge in [0.25, 0.3) is 5.91 Å². The van der Waals surface area contributed by atoms with E-state index in [2.05, 4.69) is 27.2 Å². The number of nitrogens with two attached hydrogens (primary N) is 2. The fourth-order valence-electron chi connectivity index (χ4n) is 3.82. The van der Waals surface area contributed by atoms with Gasteiger partial charge in [0.05, 0.1) is 29.0 Å². The zero-order chi connectivity index (χ0) is 20.1. The SMILES string of the molecule is NC(=O)c1c(C#Cc2cc3ncn(C4CC4)c3cc2F)nn([C@H]2CCNC2)c1N. The monoisotopic (exact) mass is 393 g/mol. The molecular formula is C20H20FN7O. The van der Waals surface area contributed by atoms with E-state index < -0.39 is 11.7 Å². The van der Waals surface area contributed by atoms with E-state index in [9.17, 15) is 9.18 Å². The van der Waals surface area contributed by atoms with Gasteiger partial charge in [-0.2, -0.15) is 5.10 Å². The lowest BCUT2D eigenvalue weighted by molar-refractivity contribution is 0.100. The Balaban J connectivity index is 1.55. The van der Waals surface area contributed by atoms with Gasteiger partial charge in [-0.05, 0) is 37.8 Å². The van der Waals surface area contributed by atoms with Crippen molar-refractivity contribution in [1.29, 1.82) is 0 Å². The van der Waals surface area contributed by atoms with Gasteiger partial charge < -0.3 is 21.4 Å². The molecule has 3 aromatic rings.